The van der Waals surface area contributed by atoms with Crippen molar-refractivity contribution < 1.29 is 33.0 Å². The molecule has 0 unspecified atom stereocenters. The van der Waals surface area contributed by atoms with Crippen LogP contribution < -0.4 is 19.6 Å². The number of methoxy groups -OCH3 is 2. The van der Waals surface area contributed by atoms with E-state index in [1.54, 1.807) is 37.4 Å². The molecular formula is C29H24O8. The molecule has 0 saturated carbocycles. The maximum absolute atomic E-state index is 13.5. The van der Waals surface area contributed by atoms with Crippen molar-refractivity contribution in [3.8, 4) is 17.2 Å². The van der Waals surface area contributed by atoms with Crippen molar-refractivity contribution in [3.63, 3.8) is 0 Å². The summed E-state index contributed by atoms with van der Waals surface area (Å²) in [6.07, 6.45) is 7.05. The van der Waals surface area contributed by atoms with Crippen molar-refractivity contribution in [2.75, 3.05) is 14.2 Å². The molecule has 0 atom stereocenters. The molecule has 37 heavy (non-hydrogen) atoms. The van der Waals surface area contributed by atoms with Crippen molar-refractivity contribution in [3.05, 3.63) is 87.5 Å². The molecule has 1 aliphatic heterocycles. The first-order valence-corrected chi connectivity index (χ1v) is 11.5. The largest absolute Gasteiger partial charge is 0.497 e. The van der Waals surface area contributed by atoms with Gasteiger partial charge in [-0.3, -0.25) is 14.4 Å². The third kappa shape index (κ3) is 4.42. The SMILES string of the molecule is COc1ccc(COC2=CC(=O)C(c3coc4cc5c(c(OC)c4c3=O)C=CC(C)(C)O5)=CC2=O)cc1. The third-order valence-electron chi connectivity index (χ3n) is 6.14. The van der Waals surface area contributed by atoms with Gasteiger partial charge in [-0.25, -0.2) is 0 Å². The molecule has 0 radical (unpaired) electrons. The quantitative estimate of drug-likeness (QED) is 0.452. The molecule has 1 aliphatic carbocycles. The van der Waals surface area contributed by atoms with Crippen LogP contribution in [0, 0.1) is 0 Å². The van der Waals surface area contributed by atoms with E-state index in [2.05, 4.69) is 0 Å². The first-order chi connectivity index (χ1) is 17.7. The molecule has 5 rings (SSSR count). The molecule has 0 amide bonds. The monoisotopic (exact) mass is 500 g/mol. The van der Waals surface area contributed by atoms with Crippen LogP contribution in [0.25, 0.3) is 22.6 Å². The van der Waals surface area contributed by atoms with Crippen LogP contribution in [-0.2, 0) is 20.9 Å². The second kappa shape index (κ2) is 9.13. The molecule has 0 fully saturated rings. The van der Waals surface area contributed by atoms with Crippen molar-refractivity contribution in [2.24, 2.45) is 0 Å². The topological polar surface area (TPSA) is 101 Å². The molecule has 2 heterocycles. The zero-order chi connectivity index (χ0) is 26.3. The summed E-state index contributed by atoms with van der Waals surface area (Å²) < 4.78 is 28.0. The van der Waals surface area contributed by atoms with Crippen molar-refractivity contribution in [1.29, 1.82) is 0 Å². The van der Waals surface area contributed by atoms with Gasteiger partial charge in [0.05, 0.1) is 25.3 Å². The maximum Gasteiger partial charge on any atom is 0.221 e. The zero-order valence-electron chi connectivity index (χ0n) is 20.7. The first-order valence-electron chi connectivity index (χ1n) is 11.5. The summed E-state index contributed by atoms with van der Waals surface area (Å²) in [7, 11) is 3.01. The fourth-order valence-electron chi connectivity index (χ4n) is 4.23. The highest BCUT2D eigenvalue weighted by atomic mass is 16.5. The predicted octanol–water partition coefficient (Wildman–Crippen LogP) is 4.63. The Morgan fingerprint density at radius 1 is 0.946 bits per heavy atom. The minimum Gasteiger partial charge on any atom is -0.497 e. The summed E-state index contributed by atoms with van der Waals surface area (Å²) in [5.74, 6) is 0.294. The summed E-state index contributed by atoms with van der Waals surface area (Å²) in [6.45, 7) is 3.90. The molecule has 2 aromatic carbocycles. The average molecular weight is 501 g/mol. The van der Waals surface area contributed by atoms with Gasteiger partial charge in [0.15, 0.2) is 11.5 Å². The Hall–Kier alpha value is -4.59. The molecule has 0 N–H and O–H groups in total. The van der Waals surface area contributed by atoms with Crippen molar-refractivity contribution in [2.45, 2.75) is 26.1 Å². The van der Waals surface area contributed by atoms with Crippen LogP contribution in [0.1, 0.15) is 30.5 Å². The highest BCUT2D eigenvalue weighted by Gasteiger charge is 2.29. The molecule has 8 nitrogen and oxygen atoms in total. The van der Waals surface area contributed by atoms with Gasteiger partial charge in [-0.15, -0.1) is 0 Å². The molecule has 2 aliphatic rings. The van der Waals surface area contributed by atoms with E-state index in [1.807, 2.05) is 26.0 Å². The van der Waals surface area contributed by atoms with Gasteiger partial charge in [0, 0.05) is 23.8 Å². The van der Waals surface area contributed by atoms with Crippen LogP contribution in [0.2, 0.25) is 0 Å². The van der Waals surface area contributed by atoms with E-state index >= 15 is 0 Å². The summed E-state index contributed by atoms with van der Waals surface area (Å²) >= 11 is 0. The van der Waals surface area contributed by atoms with E-state index in [1.165, 1.54) is 13.4 Å². The number of allylic oxidation sites excluding steroid dienone is 3. The number of carbonyl (C=O) groups is 2. The van der Waals surface area contributed by atoms with Gasteiger partial charge in [0.2, 0.25) is 11.2 Å². The smallest absolute Gasteiger partial charge is 0.221 e. The zero-order valence-corrected chi connectivity index (χ0v) is 20.7. The number of fused-ring (bicyclic) bond motifs is 2. The van der Waals surface area contributed by atoms with Crippen LogP contribution in [-0.4, -0.2) is 31.4 Å². The Labute approximate surface area is 212 Å². The van der Waals surface area contributed by atoms with E-state index in [0.717, 1.165) is 17.7 Å². The molecule has 0 saturated heterocycles. The number of hydrogen-bond donors (Lipinski definition) is 0. The van der Waals surface area contributed by atoms with Crippen LogP contribution in [0.4, 0.5) is 0 Å². The second-order valence-corrected chi connectivity index (χ2v) is 9.14. The minimum absolute atomic E-state index is 0.0457. The second-order valence-electron chi connectivity index (χ2n) is 9.14. The molecule has 1 aromatic heterocycles. The van der Waals surface area contributed by atoms with Gasteiger partial charge in [-0.1, -0.05) is 12.1 Å². The van der Waals surface area contributed by atoms with Crippen LogP contribution in [0.15, 0.2) is 69.8 Å². The Bertz CT molecular complexity index is 1580. The maximum atomic E-state index is 13.5. The number of benzene rings is 2. The molecule has 0 spiro atoms. The molecule has 188 valence electrons. The van der Waals surface area contributed by atoms with Crippen LogP contribution >= 0.6 is 0 Å². The van der Waals surface area contributed by atoms with Gasteiger partial charge >= 0.3 is 0 Å². The normalized spacial score (nSPS) is 16.0. The third-order valence-corrected chi connectivity index (χ3v) is 6.14. The van der Waals surface area contributed by atoms with Gasteiger partial charge in [0.1, 0.15) is 46.7 Å². The Kier molecular flexibility index (Phi) is 5.95. The summed E-state index contributed by atoms with van der Waals surface area (Å²) in [5.41, 5.74) is 0.468. The number of carbonyl (C=O) groups excluding carboxylic acids is 2. The average Bonchev–Trinajstić information content (AvgIpc) is 2.88. The number of ether oxygens (including phenoxy) is 4. The van der Waals surface area contributed by atoms with Gasteiger partial charge in [-0.05, 0) is 43.7 Å². The van der Waals surface area contributed by atoms with E-state index in [9.17, 15) is 14.4 Å². The summed E-state index contributed by atoms with van der Waals surface area (Å²) in [6, 6.07) is 8.75. The lowest BCUT2D eigenvalue weighted by molar-refractivity contribution is -0.117. The highest BCUT2D eigenvalue weighted by molar-refractivity contribution is 6.34. The van der Waals surface area contributed by atoms with E-state index in [4.69, 9.17) is 23.4 Å². The van der Waals surface area contributed by atoms with Gasteiger partial charge < -0.3 is 23.4 Å². The van der Waals surface area contributed by atoms with Crippen molar-refractivity contribution >= 4 is 34.2 Å². The van der Waals surface area contributed by atoms with E-state index in [-0.39, 0.29) is 40.2 Å². The molecular weight excluding hydrogens is 476 g/mol. The number of hydrogen-bond acceptors (Lipinski definition) is 8. The highest BCUT2D eigenvalue weighted by Crippen LogP contribution is 2.41. The van der Waals surface area contributed by atoms with Gasteiger partial charge in [-0.2, -0.15) is 0 Å². The fraction of sp³-hybridized carbons (Fsp3) is 0.207. The van der Waals surface area contributed by atoms with Crippen LogP contribution in [0.5, 0.6) is 17.2 Å². The van der Waals surface area contributed by atoms with Crippen LogP contribution in [0.3, 0.4) is 0 Å². The van der Waals surface area contributed by atoms with Gasteiger partial charge in [0.25, 0.3) is 0 Å². The Morgan fingerprint density at radius 3 is 2.41 bits per heavy atom. The Balaban J connectivity index is 1.47. The van der Waals surface area contributed by atoms with E-state index in [0.29, 0.717) is 17.1 Å². The molecule has 8 heteroatoms. The Morgan fingerprint density at radius 2 is 1.70 bits per heavy atom. The van der Waals surface area contributed by atoms with E-state index < -0.39 is 22.6 Å². The lowest BCUT2D eigenvalue weighted by Gasteiger charge is -2.28. The summed E-state index contributed by atoms with van der Waals surface area (Å²) in [5, 5.41) is 0.151. The predicted molar refractivity (Wildman–Crippen MR) is 137 cm³/mol. The molecule has 3 aromatic rings. The number of ketones is 2. The fourth-order valence-corrected chi connectivity index (χ4v) is 4.23. The standard InChI is InChI=1S/C29H24O8/c1-29(2)10-9-18-23(37-29)13-25-26(28(18)34-4)27(32)20(15-36-25)19-11-22(31)24(12-21(19)30)35-14-16-5-7-17(33-3)8-6-16/h5-13,15H,14H2,1-4H3. The lowest BCUT2D eigenvalue weighted by Crippen LogP contribution is -2.27. The lowest BCUT2D eigenvalue weighted by atomic mass is 9.94. The van der Waals surface area contributed by atoms with Crippen molar-refractivity contribution in [1.82, 2.24) is 0 Å². The molecule has 0 bridgehead atoms. The first kappa shape index (κ1) is 24.1. The number of rotatable bonds is 6. The minimum atomic E-state index is -0.544. The summed E-state index contributed by atoms with van der Waals surface area (Å²) in [4.78, 5) is 39.3.